The van der Waals surface area contributed by atoms with Crippen molar-refractivity contribution < 1.29 is 17.9 Å². The quantitative estimate of drug-likeness (QED) is 0.333. The third-order valence-electron chi connectivity index (χ3n) is 6.84. The average molecular weight is 615 g/mol. The molecule has 1 aromatic heterocycles. The first kappa shape index (κ1) is 30.7. The lowest BCUT2D eigenvalue weighted by molar-refractivity contribution is -0.274. The topological polar surface area (TPSA) is 85.1 Å². The number of nitrogens with one attached hydrogen (secondary N) is 2. The molecule has 2 aliphatic carbocycles. The van der Waals surface area contributed by atoms with E-state index in [0.29, 0.717) is 22.4 Å². The molecule has 1 saturated carbocycles. The predicted octanol–water partition coefficient (Wildman–Crippen LogP) is 6.44. The average Bonchev–Trinajstić information content (AvgIpc) is 2.79. The number of alkyl halides is 3. The molecule has 0 radical (unpaired) electrons. The van der Waals surface area contributed by atoms with Crippen LogP contribution >= 0.6 is 40.7 Å². The summed E-state index contributed by atoms with van der Waals surface area (Å²) < 4.78 is 43.2. The van der Waals surface area contributed by atoms with Crippen LogP contribution in [0.1, 0.15) is 55.3 Å². The van der Waals surface area contributed by atoms with E-state index in [1.165, 1.54) is 18.1 Å². The van der Waals surface area contributed by atoms with Crippen molar-refractivity contribution in [3.8, 4) is 5.75 Å². The molecule has 2 aliphatic rings. The number of benzene rings is 1. The van der Waals surface area contributed by atoms with Gasteiger partial charge in [0.2, 0.25) is 5.95 Å². The van der Waals surface area contributed by atoms with Gasteiger partial charge in [0.15, 0.2) is 0 Å². The highest BCUT2D eigenvalue weighted by Crippen LogP contribution is 2.34. The number of halogens is 6. The van der Waals surface area contributed by atoms with E-state index in [0.717, 1.165) is 56.5 Å². The highest BCUT2D eigenvalue weighted by atomic mass is 79.9. The van der Waals surface area contributed by atoms with E-state index in [9.17, 15) is 13.2 Å². The van der Waals surface area contributed by atoms with E-state index in [1.54, 1.807) is 12.1 Å². The van der Waals surface area contributed by atoms with Gasteiger partial charge in [-0.15, -0.1) is 38.0 Å². The van der Waals surface area contributed by atoms with Crippen LogP contribution in [0.3, 0.4) is 0 Å². The Balaban J connectivity index is 0.00000228. The van der Waals surface area contributed by atoms with Gasteiger partial charge in [-0.05, 0) is 81.4 Å². The van der Waals surface area contributed by atoms with Crippen LogP contribution in [0, 0.1) is 5.92 Å². The van der Waals surface area contributed by atoms with Gasteiger partial charge in [0, 0.05) is 29.2 Å². The summed E-state index contributed by atoms with van der Waals surface area (Å²) in [4.78, 5) is 9.46. The van der Waals surface area contributed by atoms with E-state index in [1.807, 2.05) is 7.05 Å². The van der Waals surface area contributed by atoms with Gasteiger partial charge in [-0.3, -0.25) is 0 Å². The number of nitrogens with zero attached hydrogens (tertiary/aromatic N) is 2. The van der Waals surface area contributed by atoms with Crippen LogP contribution in [0.5, 0.6) is 5.75 Å². The lowest BCUT2D eigenvalue weighted by Crippen LogP contribution is -2.38. The maximum absolute atomic E-state index is 12.8. The summed E-state index contributed by atoms with van der Waals surface area (Å²) in [6.45, 7) is 0. The molecule has 4 N–H and O–H groups in total. The number of hydrogen-bond donors (Lipinski definition) is 3. The molecule has 1 atom stereocenters. The summed E-state index contributed by atoms with van der Waals surface area (Å²) in [5.41, 5.74) is 9.30. The molecule has 0 spiro atoms. The fourth-order valence-corrected chi connectivity index (χ4v) is 5.42. The minimum Gasteiger partial charge on any atom is -0.405 e. The number of aryl methyl sites for hydroxylation is 1. The van der Waals surface area contributed by atoms with Crippen LogP contribution in [0.4, 0.5) is 24.9 Å². The van der Waals surface area contributed by atoms with Crippen molar-refractivity contribution in [2.75, 3.05) is 17.7 Å². The number of rotatable bonds is 7. The summed E-state index contributed by atoms with van der Waals surface area (Å²) in [7, 11) is 1.89. The van der Waals surface area contributed by atoms with Gasteiger partial charge in [-0.2, -0.15) is 4.98 Å². The highest BCUT2D eigenvalue weighted by Gasteiger charge is 2.33. The molecular formula is C24H33BrCl2F3N5O. The molecule has 0 bridgehead atoms. The van der Waals surface area contributed by atoms with Crippen LogP contribution in [0.15, 0.2) is 22.7 Å². The van der Waals surface area contributed by atoms with Crippen molar-refractivity contribution in [2.45, 2.75) is 76.2 Å². The lowest BCUT2D eigenvalue weighted by Gasteiger charge is -2.33. The standard InChI is InChI=1S/C24H31BrF3N5O.2ClH/c1-30-22-18-4-2-3-5-20(18)32-23(33-22)31-17-10-7-14(8-11-17)19(29)12-15-6-9-16(25)13-21(15)34-24(26,27)28;;/h6,9,13-14,17,19H,2-5,7-8,10-12,29H2,1H3,(H2,30,31,32,33);2*1H. The van der Waals surface area contributed by atoms with E-state index < -0.39 is 6.36 Å². The molecule has 1 aromatic carbocycles. The zero-order chi connectivity index (χ0) is 24.3. The Kier molecular flexibility index (Phi) is 11.4. The summed E-state index contributed by atoms with van der Waals surface area (Å²) in [6.07, 6.45) is 3.55. The second-order valence-electron chi connectivity index (χ2n) is 9.20. The van der Waals surface area contributed by atoms with Crippen LogP contribution in [-0.2, 0) is 19.3 Å². The first-order chi connectivity index (χ1) is 16.2. The molecule has 0 amide bonds. The second kappa shape index (κ2) is 13.3. The fraction of sp³-hybridized carbons (Fsp3) is 0.583. The van der Waals surface area contributed by atoms with Crippen LogP contribution in [0.25, 0.3) is 0 Å². The molecular weight excluding hydrogens is 582 g/mol. The minimum atomic E-state index is -4.74. The number of fused-ring (bicyclic) bond motifs is 1. The van der Waals surface area contributed by atoms with E-state index in [2.05, 4.69) is 36.3 Å². The molecule has 6 nitrogen and oxygen atoms in total. The third kappa shape index (κ3) is 8.00. The summed E-state index contributed by atoms with van der Waals surface area (Å²) in [6, 6.07) is 4.71. The molecule has 1 unspecified atom stereocenters. The number of aromatic nitrogens is 2. The summed E-state index contributed by atoms with van der Waals surface area (Å²) in [5.74, 6) is 1.62. The van der Waals surface area contributed by atoms with Gasteiger partial charge in [0.1, 0.15) is 11.6 Å². The number of hydrogen-bond acceptors (Lipinski definition) is 6. The van der Waals surface area contributed by atoms with Crippen LogP contribution in [0.2, 0.25) is 0 Å². The monoisotopic (exact) mass is 613 g/mol. The van der Waals surface area contributed by atoms with Crippen molar-refractivity contribution >= 4 is 52.5 Å². The van der Waals surface area contributed by atoms with Gasteiger partial charge in [-0.1, -0.05) is 22.0 Å². The van der Waals surface area contributed by atoms with Crippen molar-refractivity contribution in [2.24, 2.45) is 11.7 Å². The van der Waals surface area contributed by atoms with Crippen LogP contribution in [-0.4, -0.2) is 35.5 Å². The molecule has 1 heterocycles. The van der Waals surface area contributed by atoms with E-state index in [4.69, 9.17) is 10.7 Å². The van der Waals surface area contributed by atoms with Crippen molar-refractivity contribution in [1.29, 1.82) is 0 Å². The maximum Gasteiger partial charge on any atom is 0.573 e. The molecule has 0 aliphatic heterocycles. The zero-order valence-electron chi connectivity index (χ0n) is 20.0. The van der Waals surface area contributed by atoms with Gasteiger partial charge in [0.25, 0.3) is 0 Å². The minimum absolute atomic E-state index is 0. The Morgan fingerprint density at radius 3 is 2.47 bits per heavy atom. The zero-order valence-corrected chi connectivity index (χ0v) is 23.3. The highest BCUT2D eigenvalue weighted by molar-refractivity contribution is 9.10. The second-order valence-corrected chi connectivity index (χ2v) is 10.1. The summed E-state index contributed by atoms with van der Waals surface area (Å²) in [5, 5.41) is 6.71. The van der Waals surface area contributed by atoms with Crippen molar-refractivity contribution in [1.82, 2.24) is 9.97 Å². The van der Waals surface area contributed by atoms with Crippen molar-refractivity contribution in [3.63, 3.8) is 0 Å². The SMILES string of the molecule is CNc1nc(NC2CCC(C(N)Cc3ccc(Br)cc3OC(F)(F)F)CC2)nc2c1CCCC2.Cl.Cl. The molecule has 12 heteroatoms. The Hall–Kier alpha value is -1.49. The Bertz CT molecular complexity index is 989. The fourth-order valence-electron chi connectivity index (χ4n) is 5.08. The number of ether oxygens (including phenoxy) is 1. The summed E-state index contributed by atoms with van der Waals surface area (Å²) >= 11 is 3.21. The van der Waals surface area contributed by atoms with Gasteiger partial charge >= 0.3 is 6.36 Å². The normalized spacial score (nSPS) is 20.3. The van der Waals surface area contributed by atoms with E-state index >= 15 is 0 Å². The first-order valence-electron chi connectivity index (χ1n) is 11.9. The largest absolute Gasteiger partial charge is 0.573 e. The number of nitrogens with two attached hydrogens (primary N) is 1. The van der Waals surface area contributed by atoms with Crippen molar-refractivity contribution in [3.05, 3.63) is 39.5 Å². The van der Waals surface area contributed by atoms with Gasteiger partial charge in [0.05, 0.1) is 5.69 Å². The molecule has 2 aromatic rings. The molecule has 1 fully saturated rings. The van der Waals surface area contributed by atoms with E-state index in [-0.39, 0.29) is 48.6 Å². The Morgan fingerprint density at radius 1 is 1.11 bits per heavy atom. The smallest absolute Gasteiger partial charge is 0.405 e. The predicted molar refractivity (Wildman–Crippen MR) is 145 cm³/mol. The molecule has 4 rings (SSSR count). The van der Waals surface area contributed by atoms with Gasteiger partial charge in [-0.25, -0.2) is 4.98 Å². The number of anilines is 2. The van der Waals surface area contributed by atoms with Crippen LogP contribution < -0.4 is 21.1 Å². The lowest BCUT2D eigenvalue weighted by atomic mass is 9.80. The Labute approximate surface area is 230 Å². The Morgan fingerprint density at radius 2 is 1.81 bits per heavy atom. The maximum atomic E-state index is 12.8. The molecule has 36 heavy (non-hydrogen) atoms. The molecule has 0 saturated heterocycles. The van der Waals surface area contributed by atoms with Gasteiger partial charge < -0.3 is 21.1 Å². The third-order valence-corrected chi connectivity index (χ3v) is 7.33. The first-order valence-corrected chi connectivity index (χ1v) is 12.6. The molecule has 202 valence electrons.